The molecule has 1 aromatic carbocycles. The molecule has 3 heteroatoms. The highest BCUT2D eigenvalue weighted by Gasteiger charge is 2.23. The van der Waals surface area contributed by atoms with Gasteiger partial charge in [-0.15, -0.1) is 0 Å². The van der Waals surface area contributed by atoms with E-state index in [2.05, 4.69) is 29.4 Å². The number of halogens is 1. The molecule has 0 amide bonds. The third kappa shape index (κ3) is 2.89. The van der Waals surface area contributed by atoms with E-state index in [1.807, 2.05) is 13.1 Å². The number of rotatable bonds is 5. The third-order valence-electron chi connectivity index (χ3n) is 3.05. The molecule has 0 aliphatic heterocycles. The van der Waals surface area contributed by atoms with E-state index >= 15 is 0 Å². The zero-order chi connectivity index (χ0) is 11.5. The van der Waals surface area contributed by atoms with Crippen molar-refractivity contribution in [3.05, 3.63) is 28.8 Å². The van der Waals surface area contributed by atoms with Crippen LogP contribution in [0.1, 0.15) is 18.4 Å². The second-order valence-corrected chi connectivity index (χ2v) is 5.06. The van der Waals surface area contributed by atoms with Crippen molar-refractivity contribution in [3.8, 4) is 0 Å². The van der Waals surface area contributed by atoms with Crippen molar-refractivity contribution in [3.63, 3.8) is 0 Å². The quantitative estimate of drug-likeness (QED) is 0.849. The highest BCUT2D eigenvalue weighted by Crippen LogP contribution is 2.32. The number of nitrogens with one attached hydrogen (secondary N) is 1. The molecule has 0 bridgehead atoms. The van der Waals surface area contributed by atoms with Crippen LogP contribution in [0.2, 0.25) is 5.02 Å². The number of hydrogen-bond donors (Lipinski definition) is 1. The van der Waals surface area contributed by atoms with Crippen LogP contribution in [0.5, 0.6) is 0 Å². The third-order valence-corrected chi connectivity index (χ3v) is 3.28. The lowest BCUT2D eigenvalue weighted by Gasteiger charge is -2.22. The van der Waals surface area contributed by atoms with Crippen LogP contribution in [0.4, 0.5) is 5.69 Å². The molecule has 88 valence electrons. The van der Waals surface area contributed by atoms with Crippen LogP contribution < -0.4 is 10.2 Å². The largest absolute Gasteiger partial charge is 0.374 e. The number of benzene rings is 1. The molecule has 0 aromatic heterocycles. The number of anilines is 1. The predicted octanol–water partition coefficient (Wildman–Crippen LogP) is 2.91. The lowest BCUT2D eigenvalue weighted by Crippen LogP contribution is -2.22. The van der Waals surface area contributed by atoms with Crippen molar-refractivity contribution >= 4 is 17.3 Å². The summed E-state index contributed by atoms with van der Waals surface area (Å²) in [6.45, 7) is 2.03. The molecule has 0 radical (unpaired) electrons. The van der Waals surface area contributed by atoms with E-state index in [0.717, 1.165) is 17.5 Å². The molecule has 1 saturated carbocycles. The van der Waals surface area contributed by atoms with E-state index in [1.54, 1.807) is 0 Å². The normalized spacial score (nSPS) is 15.2. The Morgan fingerprint density at radius 3 is 2.81 bits per heavy atom. The average molecular weight is 239 g/mol. The Labute approximate surface area is 103 Å². The zero-order valence-corrected chi connectivity index (χ0v) is 10.7. The van der Waals surface area contributed by atoms with Crippen molar-refractivity contribution in [1.29, 1.82) is 0 Å². The summed E-state index contributed by atoms with van der Waals surface area (Å²) < 4.78 is 0. The summed E-state index contributed by atoms with van der Waals surface area (Å²) in [6, 6.07) is 6.15. The SMILES string of the molecule is CNCc1cc(Cl)ccc1N(C)CC1CC1. The molecule has 16 heavy (non-hydrogen) atoms. The molecule has 0 saturated heterocycles. The number of hydrogen-bond acceptors (Lipinski definition) is 2. The molecule has 1 N–H and O–H groups in total. The van der Waals surface area contributed by atoms with Gasteiger partial charge in [0.25, 0.3) is 0 Å². The molecular formula is C13H19ClN2. The van der Waals surface area contributed by atoms with Crippen LogP contribution in [0.25, 0.3) is 0 Å². The highest BCUT2D eigenvalue weighted by molar-refractivity contribution is 6.30. The molecule has 2 nitrogen and oxygen atoms in total. The van der Waals surface area contributed by atoms with E-state index < -0.39 is 0 Å². The van der Waals surface area contributed by atoms with Gasteiger partial charge in [0.15, 0.2) is 0 Å². The van der Waals surface area contributed by atoms with Crippen molar-refractivity contribution in [2.24, 2.45) is 5.92 Å². The van der Waals surface area contributed by atoms with Gasteiger partial charge in [-0.25, -0.2) is 0 Å². The maximum atomic E-state index is 6.03. The minimum absolute atomic E-state index is 0.814. The minimum atomic E-state index is 0.814. The van der Waals surface area contributed by atoms with Gasteiger partial charge in [-0.2, -0.15) is 0 Å². The van der Waals surface area contributed by atoms with Gasteiger partial charge in [0.05, 0.1) is 0 Å². The van der Waals surface area contributed by atoms with Crippen LogP contribution in [0.15, 0.2) is 18.2 Å². The van der Waals surface area contributed by atoms with Gasteiger partial charge in [-0.05, 0) is 49.6 Å². The van der Waals surface area contributed by atoms with Gasteiger partial charge in [0, 0.05) is 30.8 Å². The fraction of sp³-hybridized carbons (Fsp3) is 0.538. The Bertz CT molecular complexity index is 361. The first-order valence-corrected chi connectivity index (χ1v) is 6.22. The maximum Gasteiger partial charge on any atom is 0.0410 e. The molecule has 0 heterocycles. The molecule has 1 aromatic rings. The summed E-state index contributed by atoms with van der Waals surface area (Å²) in [5.41, 5.74) is 2.57. The Morgan fingerprint density at radius 2 is 2.19 bits per heavy atom. The molecule has 0 atom stereocenters. The van der Waals surface area contributed by atoms with Crippen molar-refractivity contribution in [1.82, 2.24) is 5.32 Å². The summed E-state index contributed by atoms with van der Waals surface area (Å²) in [5, 5.41) is 4.00. The lowest BCUT2D eigenvalue weighted by atomic mass is 10.1. The zero-order valence-electron chi connectivity index (χ0n) is 9.96. The minimum Gasteiger partial charge on any atom is -0.374 e. The summed E-state index contributed by atoms with van der Waals surface area (Å²) in [5.74, 6) is 0.906. The summed E-state index contributed by atoms with van der Waals surface area (Å²) in [7, 11) is 4.13. The summed E-state index contributed by atoms with van der Waals surface area (Å²) in [4.78, 5) is 2.35. The maximum absolute atomic E-state index is 6.03. The van der Waals surface area contributed by atoms with Crippen LogP contribution in [-0.4, -0.2) is 20.6 Å². The number of nitrogens with zero attached hydrogens (tertiary/aromatic N) is 1. The van der Waals surface area contributed by atoms with Crippen LogP contribution >= 0.6 is 11.6 Å². The Hall–Kier alpha value is -0.730. The smallest absolute Gasteiger partial charge is 0.0410 e. The molecule has 1 aliphatic rings. The molecule has 1 fully saturated rings. The first-order valence-electron chi connectivity index (χ1n) is 5.85. The monoisotopic (exact) mass is 238 g/mol. The Balaban J connectivity index is 2.15. The second-order valence-electron chi connectivity index (χ2n) is 4.63. The molecule has 0 spiro atoms. The van der Waals surface area contributed by atoms with Crippen LogP contribution in [0, 0.1) is 5.92 Å². The standard InChI is InChI=1S/C13H19ClN2/c1-15-8-11-7-12(14)5-6-13(11)16(2)9-10-3-4-10/h5-7,10,15H,3-4,8-9H2,1-2H3. The Kier molecular flexibility index (Phi) is 3.72. The van der Waals surface area contributed by atoms with E-state index in [4.69, 9.17) is 11.6 Å². The van der Waals surface area contributed by atoms with Gasteiger partial charge in [0.2, 0.25) is 0 Å². The van der Waals surface area contributed by atoms with Crippen LogP contribution in [-0.2, 0) is 6.54 Å². The van der Waals surface area contributed by atoms with Gasteiger partial charge < -0.3 is 10.2 Å². The fourth-order valence-electron chi connectivity index (χ4n) is 2.04. The fourth-order valence-corrected chi connectivity index (χ4v) is 2.24. The van der Waals surface area contributed by atoms with E-state index in [0.29, 0.717) is 0 Å². The highest BCUT2D eigenvalue weighted by atomic mass is 35.5. The molecular weight excluding hydrogens is 220 g/mol. The van der Waals surface area contributed by atoms with Gasteiger partial charge in [-0.3, -0.25) is 0 Å². The summed E-state index contributed by atoms with van der Waals surface area (Å²) >= 11 is 6.03. The van der Waals surface area contributed by atoms with Crippen molar-refractivity contribution < 1.29 is 0 Å². The summed E-state index contributed by atoms with van der Waals surface area (Å²) in [6.07, 6.45) is 2.78. The molecule has 0 unspecified atom stereocenters. The molecule has 2 rings (SSSR count). The topological polar surface area (TPSA) is 15.3 Å². The van der Waals surface area contributed by atoms with Crippen molar-refractivity contribution in [2.45, 2.75) is 19.4 Å². The lowest BCUT2D eigenvalue weighted by molar-refractivity contribution is 0.768. The van der Waals surface area contributed by atoms with Gasteiger partial charge in [-0.1, -0.05) is 11.6 Å². The van der Waals surface area contributed by atoms with Gasteiger partial charge >= 0.3 is 0 Å². The first-order chi connectivity index (χ1) is 7.70. The van der Waals surface area contributed by atoms with Crippen molar-refractivity contribution in [2.75, 3.05) is 25.5 Å². The second kappa shape index (κ2) is 5.07. The van der Waals surface area contributed by atoms with Crippen LogP contribution in [0.3, 0.4) is 0 Å². The van der Waals surface area contributed by atoms with Gasteiger partial charge in [0.1, 0.15) is 0 Å². The molecule has 1 aliphatic carbocycles. The Morgan fingerprint density at radius 1 is 1.44 bits per heavy atom. The van der Waals surface area contributed by atoms with E-state index in [1.165, 1.54) is 30.6 Å². The predicted molar refractivity (Wildman–Crippen MR) is 70.2 cm³/mol. The average Bonchev–Trinajstić information content (AvgIpc) is 3.02. The van der Waals surface area contributed by atoms with E-state index in [9.17, 15) is 0 Å². The van der Waals surface area contributed by atoms with E-state index in [-0.39, 0.29) is 0 Å². The first kappa shape index (κ1) is 11.7.